The Morgan fingerprint density at radius 3 is 2.48 bits per heavy atom. The monoisotopic (exact) mass is 429 g/mol. The Morgan fingerprint density at radius 2 is 1.85 bits per heavy atom. The number of aryl methyl sites for hydroxylation is 2. The largest absolute Gasteiger partial charge is 0.465 e. The quantitative estimate of drug-likeness (QED) is 0.535. The molecule has 0 aliphatic carbocycles. The van der Waals surface area contributed by atoms with Crippen LogP contribution in [0.15, 0.2) is 36.4 Å². The standard InChI is InChI=1S/C19H24ClNO4S2/c1-25-19(22)18-11-10-17(26-18)9-5-13-21(27(2,23)24)12-4-7-15-6-3-8-16(20)14-15/h3,6,8,10-11,14H,4-5,7,9,12-13H2,1-2H3. The lowest BCUT2D eigenvalue weighted by molar-refractivity contribution is 0.0606. The van der Waals surface area contributed by atoms with Crippen LogP contribution in [0.25, 0.3) is 0 Å². The minimum Gasteiger partial charge on any atom is -0.465 e. The summed E-state index contributed by atoms with van der Waals surface area (Å²) >= 11 is 7.37. The van der Waals surface area contributed by atoms with Crippen LogP contribution in [0.1, 0.15) is 33.0 Å². The molecule has 0 atom stereocenters. The Hall–Kier alpha value is -1.41. The number of benzene rings is 1. The van der Waals surface area contributed by atoms with E-state index in [1.807, 2.05) is 30.3 Å². The summed E-state index contributed by atoms with van der Waals surface area (Å²) in [5, 5.41) is 0.690. The van der Waals surface area contributed by atoms with Crippen molar-refractivity contribution in [1.29, 1.82) is 0 Å². The van der Waals surface area contributed by atoms with Crippen LogP contribution in [0.3, 0.4) is 0 Å². The van der Waals surface area contributed by atoms with Gasteiger partial charge in [0, 0.05) is 23.0 Å². The van der Waals surface area contributed by atoms with Crippen molar-refractivity contribution in [3.05, 3.63) is 56.7 Å². The van der Waals surface area contributed by atoms with Crippen LogP contribution in [0.4, 0.5) is 0 Å². The second-order valence-electron chi connectivity index (χ2n) is 6.26. The molecule has 0 spiro atoms. The number of thiophene rings is 1. The zero-order chi connectivity index (χ0) is 19.9. The third kappa shape index (κ3) is 7.25. The summed E-state index contributed by atoms with van der Waals surface area (Å²) < 4.78 is 30.3. The highest BCUT2D eigenvalue weighted by Crippen LogP contribution is 2.19. The number of carbonyl (C=O) groups is 1. The van der Waals surface area contributed by atoms with E-state index in [-0.39, 0.29) is 5.97 Å². The van der Waals surface area contributed by atoms with Gasteiger partial charge in [0.15, 0.2) is 0 Å². The minimum atomic E-state index is -3.26. The Kier molecular flexibility index (Phi) is 8.28. The van der Waals surface area contributed by atoms with Crippen molar-refractivity contribution in [2.75, 3.05) is 26.5 Å². The van der Waals surface area contributed by atoms with Crippen molar-refractivity contribution in [2.45, 2.75) is 25.7 Å². The first-order valence-electron chi connectivity index (χ1n) is 8.66. The SMILES string of the molecule is COC(=O)c1ccc(CCCN(CCCc2cccc(Cl)c2)S(C)(=O)=O)s1. The van der Waals surface area contributed by atoms with E-state index in [1.165, 1.54) is 29.0 Å². The molecule has 27 heavy (non-hydrogen) atoms. The second-order valence-corrected chi connectivity index (χ2v) is 9.84. The van der Waals surface area contributed by atoms with Gasteiger partial charge in [-0.15, -0.1) is 11.3 Å². The van der Waals surface area contributed by atoms with Gasteiger partial charge in [0.05, 0.1) is 13.4 Å². The molecule has 0 saturated heterocycles. The molecule has 0 amide bonds. The number of ether oxygens (including phenoxy) is 1. The topological polar surface area (TPSA) is 63.7 Å². The van der Waals surface area contributed by atoms with Crippen molar-refractivity contribution in [3.63, 3.8) is 0 Å². The molecule has 1 aromatic heterocycles. The molecule has 8 heteroatoms. The second kappa shape index (κ2) is 10.2. The normalized spacial score (nSPS) is 11.7. The van der Waals surface area contributed by atoms with Crippen molar-refractivity contribution < 1.29 is 17.9 Å². The first-order chi connectivity index (χ1) is 12.8. The molecule has 5 nitrogen and oxygen atoms in total. The number of sulfonamides is 1. The minimum absolute atomic E-state index is 0.343. The summed E-state index contributed by atoms with van der Waals surface area (Å²) in [4.78, 5) is 13.1. The lowest BCUT2D eigenvalue weighted by atomic mass is 10.1. The molecule has 0 bridgehead atoms. The van der Waals surface area contributed by atoms with Crippen LogP contribution in [-0.4, -0.2) is 45.1 Å². The Bertz CT molecular complexity index is 864. The maximum atomic E-state index is 12.0. The maximum absolute atomic E-state index is 12.0. The highest BCUT2D eigenvalue weighted by molar-refractivity contribution is 7.88. The first-order valence-corrected chi connectivity index (χ1v) is 11.7. The van der Waals surface area contributed by atoms with Gasteiger partial charge < -0.3 is 4.74 Å². The summed E-state index contributed by atoms with van der Waals surface area (Å²) in [6, 6.07) is 11.3. The summed E-state index contributed by atoms with van der Waals surface area (Å²) in [6.45, 7) is 0.934. The maximum Gasteiger partial charge on any atom is 0.348 e. The molecule has 0 N–H and O–H groups in total. The third-order valence-corrected chi connectivity index (χ3v) is 6.77. The number of methoxy groups -OCH3 is 1. The number of hydrogen-bond donors (Lipinski definition) is 0. The van der Waals surface area contributed by atoms with Crippen LogP contribution in [-0.2, 0) is 27.6 Å². The molecule has 0 fully saturated rings. The predicted octanol–water partition coefficient (Wildman–Crippen LogP) is 4.02. The molecular weight excluding hydrogens is 406 g/mol. The molecule has 0 aliphatic rings. The van der Waals surface area contributed by atoms with E-state index in [9.17, 15) is 13.2 Å². The van der Waals surface area contributed by atoms with E-state index in [0.29, 0.717) is 29.4 Å². The van der Waals surface area contributed by atoms with Crippen molar-refractivity contribution in [2.24, 2.45) is 0 Å². The number of hydrogen-bond acceptors (Lipinski definition) is 5. The van der Waals surface area contributed by atoms with Gasteiger partial charge in [-0.25, -0.2) is 17.5 Å². The van der Waals surface area contributed by atoms with E-state index < -0.39 is 10.0 Å². The van der Waals surface area contributed by atoms with Gasteiger partial charge in [-0.3, -0.25) is 0 Å². The van der Waals surface area contributed by atoms with E-state index in [1.54, 1.807) is 6.07 Å². The summed E-state index contributed by atoms with van der Waals surface area (Å²) in [6.07, 6.45) is 4.18. The van der Waals surface area contributed by atoms with Crippen LogP contribution < -0.4 is 0 Å². The number of esters is 1. The summed E-state index contributed by atoms with van der Waals surface area (Å²) in [7, 11) is -1.90. The Balaban J connectivity index is 1.84. The number of nitrogens with zero attached hydrogens (tertiary/aromatic N) is 1. The molecule has 2 rings (SSSR count). The number of carbonyl (C=O) groups excluding carboxylic acids is 1. The molecule has 148 valence electrons. The molecular formula is C19H24ClNO4S2. The molecule has 0 unspecified atom stereocenters. The molecule has 2 aromatic rings. The van der Waals surface area contributed by atoms with Crippen LogP contribution >= 0.6 is 22.9 Å². The van der Waals surface area contributed by atoms with Gasteiger partial charge in [-0.2, -0.15) is 0 Å². The number of rotatable bonds is 10. The van der Waals surface area contributed by atoms with Gasteiger partial charge in [0.1, 0.15) is 4.88 Å². The van der Waals surface area contributed by atoms with Gasteiger partial charge >= 0.3 is 5.97 Å². The van der Waals surface area contributed by atoms with Crippen LogP contribution in [0, 0.1) is 0 Å². The van der Waals surface area contributed by atoms with E-state index in [4.69, 9.17) is 16.3 Å². The fourth-order valence-electron chi connectivity index (χ4n) is 2.75. The Morgan fingerprint density at radius 1 is 1.15 bits per heavy atom. The van der Waals surface area contributed by atoms with Crippen LogP contribution in [0.5, 0.6) is 0 Å². The average molecular weight is 430 g/mol. The van der Waals surface area contributed by atoms with Gasteiger partial charge in [0.25, 0.3) is 0 Å². The summed E-state index contributed by atoms with van der Waals surface area (Å²) in [5.74, 6) is -0.343. The fourth-order valence-corrected chi connectivity index (χ4v) is 4.85. The summed E-state index contributed by atoms with van der Waals surface area (Å²) in [5.41, 5.74) is 1.10. The van der Waals surface area contributed by atoms with Crippen molar-refractivity contribution >= 4 is 38.9 Å². The fraction of sp³-hybridized carbons (Fsp3) is 0.421. The highest BCUT2D eigenvalue weighted by Gasteiger charge is 2.16. The van der Waals surface area contributed by atoms with E-state index in [0.717, 1.165) is 29.7 Å². The third-order valence-electron chi connectivity index (χ3n) is 4.11. The molecule has 1 aromatic carbocycles. The zero-order valence-electron chi connectivity index (χ0n) is 15.5. The lowest BCUT2D eigenvalue weighted by Crippen LogP contribution is -2.32. The van der Waals surface area contributed by atoms with Crippen LogP contribution in [0.2, 0.25) is 5.02 Å². The smallest absolute Gasteiger partial charge is 0.348 e. The lowest BCUT2D eigenvalue weighted by Gasteiger charge is -2.19. The highest BCUT2D eigenvalue weighted by atomic mass is 35.5. The average Bonchev–Trinajstić information content (AvgIpc) is 3.08. The van der Waals surface area contributed by atoms with Crippen molar-refractivity contribution in [1.82, 2.24) is 4.31 Å². The van der Waals surface area contributed by atoms with Gasteiger partial charge in [0.2, 0.25) is 10.0 Å². The van der Waals surface area contributed by atoms with E-state index in [2.05, 4.69) is 0 Å². The first kappa shape index (κ1) is 21.9. The van der Waals surface area contributed by atoms with E-state index >= 15 is 0 Å². The molecule has 0 aliphatic heterocycles. The molecule has 1 heterocycles. The Labute approximate surface area is 170 Å². The number of halogens is 1. The molecule has 0 saturated carbocycles. The van der Waals surface area contributed by atoms with Gasteiger partial charge in [-0.1, -0.05) is 23.7 Å². The van der Waals surface area contributed by atoms with Crippen molar-refractivity contribution in [3.8, 4) is 0 Å². The van der Waals surface area contributed by atoms with Gasteiger partial charge in [-0.05, 0) is 55.5 Å². The zero-order valence-corrected chi connectivity index (χ0v) is 17.9. The molecule has 0 radical (unpaired) electrons. The predicted molar refractivity (Wildman–Crippen MR) is 110 cm³/mol.